The van der Waals surface area contributed by atoms with E-state index < -0.39 is 5.97 Å². The Morgan fingerprint density at radius 2 is 1.93 bits per heavy atom. The maximum Gasteiger partial charge on any atom is 0.317 e. The molecule has 0 aromatic carbocycles. The molecule has 0 radical (unpaired) electrons. The third kappa shape index (κ3) is 3.20. The Morgan fingerprint density at radius 3 is 2.40 bits per heavy atom. The maximum absolute atomic E-state index is 11.0. The molecule has 1 saturated carbocycles. The first-order chi connectivity index (χ1) is 6.93. The average molecular weight is 277 g/mol. The third-order valence-corrected chi connectivity index (χ3v) is 4.76. The Balaban J connectivity index is 2.74. The number of carbonyl (C=O) groups is 1. The van der Waals surface area contributed by atoms with Crippen LogP contribution in [0.4, 0.5) is 0 Å². The summed E-state index contributed by atoms with van der Waals surface area (Å²) in [7, 11) is 0. The third-order valence-electron chi connectivity index (χ3n) is 3.69. The van der Waals surface area contributed by atoms with Gasteiger partial charge in [0, 0.05) is 0 Å². The lowest BCUT2D eigenvalue weighted by molar-refractivity contribution is -0.138. The number of rotatable bonds is 3. The molecule has 1 fully saturated rings. The monoisotopic (exact) mass is 276 g/mol. The molecule has 0 aromatic heterocycles. The second-order valence-electron chi connectivity index (χ2n) is 5.23. The molecule has 88 valence electrons. The molecule has 1 rings (SSSR count). The molecular formula is C12H21BrO2. The molecule has 1 aliphatic carbocycles. The highest BCUT2D eigenvalue weighted by molar-refractivity contribution is 9.10. The molecule has 3 heteroatoms. The Kier molecular flexibility index (Phi) is 4.63. The van der Waals surface area contributed by atoms with Crippen LogP contribution in [0.1, 0.15) is 40.0 Å². The SMILES string of the molecule is CC(C)[C@@H]1CC[C@@H](C)C[C@H]1C(Br)C(=O)O. The molecule has 1 unspecified atom stereocenters. The first-order valence-electron chi connectivity index (χ1n) is 5.80. The lowest BCUT2D eigenvalue weighted by Crippen LogP contribution is -2.36. The van der Waals surface area contributed by atoms with Gasteiger partial charge in [0.15, 0.2) is 0 Å². The van der Waals surface area contributed by atoms with Crippen LogP contribution in [-0.2, 0) is 4.79 Å². The standard InChI is InChI=1S/C12H21BrO2/c1-7(2)9-5-4-8(3)6-10(9)11(13)12(14)15/h7-11H,4-6H2,1-3H3,(H,14,15)/t8-,9+,10-,11?/m1/s1. The normalized spacial score (nSPS) is 34.1. The van der Waals surface area contributed by atoms with Crippen molar-refractivity contribution in [1.29, 1.82) is 0 Å². The predicted octanol–water partition coefficient (Wildman–Crippen LogP) is 3.54. The van der Waals surface area contributed by atoms with Crippen molar-refractivity contribution in [2.45, 2.75) is 44.9 Å². The number of hydrogen-bond donors (Lipinski definition) is 1. The van der Waals surface area contributed by atoms with E-state index in [1.54, 1.807) is 0 Å². The van der Waals surface area contributed by atoms with Crippen LogP contribution in [0.15, 0.2) is 0 Å². The number of aliphatic carboxylic acids is 1. The number of alkyl halides is 1. The van der Waals surface area contributed by atoms with Gasteiger partial charge in [-0.3, -0.25) is 4.79 Å². The lowest BCUT2D eigenvalue weighted by atomic mass is 9.69. The molecule has 0 spiro atoms. The molecule has 0 bridgehead atoms. The van der Waals surface area contributed by atoms with Gasteiger partial charge in [-0.2, -0.15) is 0 Å². The fourth-order valence-corrected chi connectivity index (χ4v) is 3.40. The van der Waals surface area contributed by atoms with Crippen molar-refractivity contribution in [1.82, 2.24) is 0 Å². The minimum absolute atomic E-state index is 0.297. The van der Waals surface area contributed by atoms with Gasteiger partial charge >= 0.3 is 5.97 Å². The first kappa shape index (κ1) is 13.0. The van der Waals surface area contributed by atoms with Crippen LogP contribution in [0.25, 0.3) is 0 Å². The van der Waals surface area contributed by atoms with Gasteiger partial charge in [0.05, 0.1) is 0 Å². The van der Waals surface area contributed by atoms with Crippen molar-refractivity contribution >= 4 is 21.9 Å². The van der Waals surface area contributed by atoms with Crippen LogP contribution >= 0.6 is 15.9 Å². The van der Waals surface area contributed by atoms with Gasteiger partial charge in [-0.25, -0.2) is 0 Å². The topological polar surface area (TPSA) is 37.3 Å². The van der Waals surface area contributed by atoms with Gasteiger partial charge in [0.25, 0.3) is 0 Å². The summed E-state index contributed by atoms with van der Waals surface area (Å²) in [5.41, 5.74) is 0. The van der Waals surface area contributed by atoms with Crippen molar-refractivity contribution in [2.75, 3.05) is 0 Å². The van der Waals surface area contributed by atoms with Crippen LogP contribution in [-0.4, -0.2) is 15.9 Å². The average Bonchev–Trinajstić information content (AvgIpc) is 2.15. The van der Waals surface area contributed by atoms with Gasteiger partial charge in [-0.05, 0) is 36.5 Å². The minimum atomic E-state index is -0.709. The molecule has 0 aliphatic heterocycles. The zero-order valence-corrected chi connectivity index (χ0v) is 11.3. The van der Waals surface area contributed by atoms with Crippen LogP contribution in [0.2, 0.25) is 0 Å². The fraction of sp³-hybridized carbons (Fsp3) is 0.917. The first-order valence-corrected chi connectivity index (χ1v) is 6.72. The molecule has 15 heavy (non-hydrogen) atoms. The summed E-state index contributed by atoms with van der Waals surface area (Å²) in [6, 6.07) is 0. The van der Waals surface area contributed by atoms with Crippen molar-refractivity contribution in [3.63, 3.8) is 0 Å². The number of halogens is 1. The molecule has 1 aliphatic rings. The molecular weight excluding hydrogens is 256 g/mol. The minimum Gasteiger partial charge on any atom is -0.480 e. The molecule has 0 heterocycles. The predicted molar refractivity (Wildman–Crippen MR) is 65.2 cm³/mol. The van der Waals surface area contributed by atoms with E-state index in [1.165, 1.54) is 12.8 Å². The number of carboxylic acids is 1. The summed E-state index contributed by atoms with van der Waals surface area (Å²) >= 11 is 3.34. The summed E-state index contributed by atoms with van der Waals surface area (Å²) in [5.74, 6) is 1.40. The molecule has 0 aromatic rings. The molecule has 1 N–H and O–H groups in total. The van der Waals surface area contributed by atoms with Gasteiger partial charge in [0.2, 0.25) is 0 Å². The van der Waals surface area contributed by atoms with Crippen LogP contribution in [0.3, 0.4) is 0 Å². The van der Waals surface area contributed by atoms with E-state index in [1.807, 2.05) is 0 Å². The second-order valence-corrected chi connectivity index (χ2v) is 6.22. The zero-order chi connectivity index (χ0) is 11.6. The van der Waals surface area contributed by atoms with Crippen LogP contribution in [0.5, 0.6) is 0 Å². The maximum atomic E-state index is 11.0. The summed E-state index contributed by atoms with van der Waals surface area (Å²) in [6.07, 6.45) is 3.47. The van der Waals surface area contributed by atoms with E-state index in [0.717, 1.165) is 6.42 Å². The lowest BCUT2D eigenvalue weighted by Gasteiger charge is -2.38. The van der Waals surface area contributed by atoms with Crippen molar-refractivity contribution in [3.8, 4) is 0 Å². The van der Waals surface area contributed by atoms with E-state index in [2.05, 4.69) is 36.7 Å². The highest BCUT2D eigenvalue weighted by Crippen LogP contribution is 2.41. The fourth-order valence-electron chi connectivity index (χ4n) is 2.80. The smallest absolute Gasteiger partial charge is 0.317 e. The van der Waals surface area contributed by atoms with E-state index >= 15 is 0 Å². The van der Waals surface area contributed by atoms with Crippen molar-refractivity contribution < 1.29 is 9.90 Å². The molecule has 2 nitrogen and oxygen atoms in total. The van der Waals surface area contributed by atoms with Gasteiger partial charge in [-0.15, -0.1) is 0 Å². The highest BCUT2D eigenvalue weighted by atomic mass is 79.9. The Morgan fingerprint density at radius 1 is 1.33 bits per heavy atom. The zero-order valence-electron chi connectivity index (χ0n) is 9.74. The van der Waals surface area contributed by atoms with Crippen LogP contribution in [0, 0.1) is 23.7 Å². The summed E-state index contributed by atoms with van der Waals surface area (Å²) < 4.78 is 0. The Labute approximate surface area is 101 Å². The highest BCUT2D eigenvalue weighted by Gasteiger charge is 2.37. The Hall–Kier alpha value is -0.0500. The van der Waals surface area contributed by atoms with Gasteiger partial charge in [-0.1, -0.05) is 43.1 Å². The summed E-state index contributed by atoms with van der Waals surface area (Å²) in [5, 5.41) is 9.07. The van der Waals surface area contributed by atoms with E-state index in [0.29, 0.717) is 23.7 Å². The van der Waals surface area contributed by atoms with E-state index in [-0.39, 0.29) is 4.83 Å². The largest absolute Gasteiger partial charge is 0.480 e. The van der Waals surface area contributed by atoms with Gasteiger partial charge in [0.1, 0.15) is 4.83 Å². The Bertz CT molecular complexity index is 228. The van der Waals surface area contributed by atoms with Crippen molar-refractivity contribution in [3.05, 3.63) is 0 Å². The molecule has 0 saturated heterocycles. The van der Waals surface area contributed by atoms with E-state index in [9.17, 15) is 4.79 Å². The van der Waals surface area contributed by atoms with Crippen LogP contribution < -0.4 is 0 Å². The summed E-state index contributed by atoms with van der Waals surface area (Å²) in [4.78, 5) is 10.7. The second kappa shape index (κ2) is 5.33. The molecule has 0 amide bonds. The number of hydrogen-bond acceptors (Lipinski definition) is 1. The quantitative estimate of drug-likeness (QED) is 0.801. The van der Waals surface area contributed by atoms with Crippen molar-refractivity contribution in [2.24, 2.45) is 23.7 Å². The van der Waals surface area contributed by atoms with E-state index in [4.69, 9.17) is 5.11 Å². The molecule has 4 atom stereocenters. The van der Waals surface area contributed by atoms with Gasteiger partial charge < -0.3 is 5.11 Å². The number of carboxylic acid groups (broad SMARTS) is 1. The summed E-state index contributed by atoms with van der Waals surface area (Å²) in [6.45, 7) is 6.63.